The molecule has 0 radical (unpaired) electrons. The first kappa shape index (κ1) is 22.1. The second kappa shape index (κ2) is 11.0. The first-order valence-electron chi connectivity index (χ1n) is 10.5. The number of ether oxygens (including phenoxy) is 3. The number of benzene rings is 2. The van der Waals surface area contributed by atoms with E-state index in [1.807, 2.05) is 38.1 Å². The SMILES string of the molecule is COc1ccc(C(CNC(=O)CCOc2cc(C)ccc2C)N2CCOCC2)cc1. The van der Waals surface area contributed by atoms with Crippen LogP contribution < -0.4 is 14.8 Å². The van der Waals surface area contributed by atoms with Gasteiger partial charge in [0.2, 0.25) is 5.91 Å². The summed E-state index contributed by atoms with van der Waals surface area (Å²) in [5.41, 5.74) is 3.38. The summed E-state index contributed by atoms with van der Waals surface area (Å²) in [5.74, 6) is 1.66. The molecular formula is C24H32N2O4. The number of nitrogens with one attached hydrogen (secondary N) is 1. The van der Waals surface area contributed by atoms with Gasteiger partial charge in [0.15, 0.2) is 0 Å². The second-order valence-corrected chi connectivity index (χ2v) is 7.61. The summed E-state index contributed by atoms with van der Waals surface area (Å²) in [6.45, 7) is 8.08. The number of hydrogen-bond acceptors (Lipinski definition) is 5. The number of morpholine rings is 1. The molecule has 1 aliphatic heterocycles. The Morgan fingerprint density at radius 3 is 2.57 bits per heavy atom. The molecule has 1 heterocycles. The molecule has 162 valence electrons. The number of amides is 1. The van der Waals surface area contributed by atoms with E-state index in [9.17, 15) is 4.79 Å². The van der Waals surface area contributed by atoms with Crippen LogP contribution in [0.25, 0.3) is 0 Å². The Morgan fingerprint density at radius 2 is 1.87 bits per heavy atom. The van der Waals surface area contributed by atoms with Crippen LogP contribution in [0.5, 0.6) is 11.5 Å². The second-order valence-electron chi connectivity index (χ2n) is 7.61. The van der Waals surface area contributed by atoms with Gasteiger partial charge >= 0.3 is 0 Å². The third-order valence-electron chi connectivity index (χ3n) is 5.41. The van der Waals surface area contributed by atoms with Gasteiger partial charge in [0.25, 0.3) is 0 Å². The highest BCUT2D eigenvalue weighted by molar-refractivity contribution is 5.76. The number of aryl methyl sites for hydroxylation is 2. The van der Waals surface area contributed by atoms with Crippen LogP contribution in [0.15, 0.2) is 42.5 Å². The van der Waals surface area contributed by atoms with Crippen LogP contribution in [-0.4, -0.2) is 57.4 Å². The minimum atomic E-state index is -0.00734. The average Bonchev–Trinajstić information content (AvgIpc) is 2.77. The Kier molecular flexibility index (Phi) is 8.11. The van der Waals surface area contributed by atoms with Crippen LogP contribution in [0.1, 0.15) is 29.2 Å². The van der Waals surface area contributed by atoms with Gasteiger partial charge in [-0.3, -0.25) is 9.69 Å². The molecule has 1 amide bonds. The molecule has 3 rings (SSSR count). The van der Waals surface area contributed by atoms with Crippen molar-refractivity contribution in [1.82, 2.24) is 10.2 Å². The van der Waals surface area contributed by atoms with Crippen molar-refractivity contribution in [3.8, 4) is 11.5 Å². The van der Waals surface area contributed by atoms with Gasteiger partial charge in [0.1, 0.15) is 11.5 Å². The average molecular weight is 413 g/mol. The Morgan fingerprint density at radius 1 is 1.13 bits per heavy atom. The minimum absolute atomic E-state index is 0.00734. The van der Waals surface area contributed by atoms with E-state index in [2.05, 4.69) is 28.4 Å². The predicted molar refractivity (Wildman–Crippen MR) is 117 cm³/mol. The standard InChI is InChI=1S/C24H32N2O4/c1-18-4-5-19(2)23(16-18)30-13-10-24(27)25-17-22(26-11-14-29-15-12-26)20-6-8-21(28-3)9-7-20/h4-9,16,22H,10-15,17H2,1-3H3,(H,25,27). The molecule has 1 saturated heterocycles. The largest absolute Gasteiger partial charge is 0.497 e. The predicted octanol–water partition coefficient (Wildman–Crippen LogP) is 3.27. The van der Waals surface area contributed by atoms with Gasteiger partial charge in [0, 0.05) is 19.6 Å². The zero-order valence-electron chi connectivity index (χ0n) is 18.1. The van der Waals surface area contributed by atoms with Crippen molar-refractivity contribution in [2.75, 3.05) is 46.6 Å². The molecule has 1 aliphatic rings. The van der Waals surface area contributed by atoms with E-state index in [0.717, 1.165) is 41.3 Å². The van der Waals surface area contributed by atoms with Crippen molar-refractivity contribution in [1.29, 1.82) is 0 Å². The van der Waals surface area contributed by atoms with E-state index >= 15 is 0 Å². The van der Waals surface area contributed by atoms with E-state index in [1.54, 1.807) is 7.11 Å². The molecule has 0 aromatic heterocycles. The smallest absolute Gasteiger partial charge is 0.223 e. The monoisotopic (exact) mass is 412 g/mol. The van der Waals surface area contributed by atoms with Crippen molar-refractivity contribution < 1.29 is 19.0 Å². The van der Waals surface area contributed by atoms with Gasteiger partial charge in [-0.05, 0) is 48.7 Å². The van der Waals surface area contributed by atoms with Crippen LogP contribution in [-0.2, 0) is 9.53 Å². The molecule has 1 fully saturated rings. The van der Waals surface area contributed by atoms with E-state index < -0.39 is 0 Å². The van der Waals surface area contributed by atoms with Crippen molar-refractivity contribution in [2.45, 2.75) is 26.3 Å². The number of nitrogens with zero attached hydrogens (tertiary/aromatic N) is 1. The number of carbonyl (C=O) groups is 1. The molecule has 6 heteroatoms. The van der Waals surface area contributed by atoms with Crippen LogP contribution in [0.4, 0.5) is 0 Å². The lowest BCUT2D eigenvalue weighted by Gasteiger charge is -2.35. The third-order valence-corrected chi connectivity index (χ3v) is 5.41. The van der Waals surface area contributed by atoms with E-state index in [1.165, 1.54) is 0 Å². The van der Waals surface area contributed by atoms with Crippen LogP contribution in [0, 0.1) is 13.8 Å². The van der Waals surface area contributed by atoms with Crippen LogP contribution >= 0.6 is 0 Å². The number of carbonyl (C=O) groups excluding carboxylic acids is 1. The van der Waals surface area contributed by atoms with E-state index in [-0.39, 0.29) is 11.9 Å². The zero-order valence-corrected chi connectivity index (χ0v) is 18.1. The first-order chi connectivity index (χ1) is 14.6. The maximum Gasteiger partial charge on any atom is 0.223 e. The molecule has 0 saturated carbocycles. The Balaban J connectivity index is 1.54. The highest BCUT2D eigenvalue weighted by Gasteiger charge is 2.23. The molecule has 0 aliphatic carbocycles. The van der Waals surface area contributed by atoms with Crippen molar-refractivity contribution >= 4 is 5.91 Å². The van der Waals surface area contributed by atoms with Crippen molar-refractivity contribution in [3.63, 3.8) is 0 Å². The lowest BCUT2D eigenvalue weighted by atomic mass is 10.0. The summed E-state index contributed by atoms with van der Waals surface area (Å²) < 4.78 is 16.6. The summed E-state index contributed by atoms with van der Waals surface area (Å²) in [5, 5.41) is 3.09. The normalized spacial score (nSPS) is 15.4. The fraction of sp³-hybridized carbons (Fsp3) is 0.458. The Hall–Kier alpha value is -2.57. The molecule has 1 N–H and O–H groups in total. The topological polar surface area (TPSA) is 60.0 Å². The van der Waals surface area contributed by atoms with Crippen molar-refractivity contribution in [3.05, 3.63) is 59.2 Å². The summed E-state index contributed by atoms with van der Waals surface area (Å²) in [4.78, 5) is 14.8. The van der Waals surface area contributed by atoms with Crippen LogP contribution in [0.2, 0.25) is 0 Å². The maximum atomic E-state index is 12.4. The van der Waals surface area contributed by atoms with Gasteiger partial charge in [-0.25, -0.2) is 0 Å². The molecule has 0 spiro atoms. The molecule has 1 unspecified atom stereocenters. The number of rotatable bonds is 9. The quantitative estimate of drug-likeness (QED) is 0.685. The van der Waals surface area contributed by atoms with Gasteiger partial charge < -0.3 is 19.5 Å². The molecule has 2 aromatic carbocycles. The lowest BCUT2D eigenvalue weighted by Crippen LogP contribution is -2.44. The van der Waals surface area contributed by atoms with Gasteiger partial charge in [-0.2, -0.15) is 0 Å². The van der Waals surface area contributed by atoms with Gasteiger partial charge in [-0.1, -0.05) is 24.3 Å². The number of methoxy groups -OCH3 is 1. The molecular weight excluding hydrogens is 380 g/mol. The van der Waals surface area contributed by atoms with Crippen molar-refractivity contribution in [2.24, 2.45) is 0 Å². The first-order valence-corrected chi connectivity index (χ1v) is 10.5. The fourth-order valence-electron chi connectivity index (χ4n) is 3.59. The summed E-state index contributed by atoms with van der Waals surface area (Å²) in [6.07, 6.45) is 0.325. The summed E-state index contributed by atoms with van der Waals surface area (Å²) >= 11 is 0. The molecule has 30 heavy (non-hydrogen) atoms. The number of hydrogen-bond donors (Lipinski definition) is 1. The minimum Gasteiger partial charge on any atom is -0.497 e. The maximum absolute atomic E-state index is 12.4. The fourth-order valence-corrected chi connectivity index (χ4v) is 3.59. The Bertz CT molecular complexity index is 816. The molecule has 1 atom stereocenters. The lowest BCUT2D eigenvalue weighted by molar-refractivity contribution is -0.121. The molecule has 2 aromatic rings. The van der Waals surface area contributed by atoms with E-state index in [4.69, 9.17) is 14.2 Å². The zero-order chi connectivity index (χ0) is 21.3. The third kappa shape index (κ3) is 6.21. The van der Waals surface area contributed by atoms with Gasteiger partial charge in [-0.15, -0.1) is 0 Å². The molecule has 6 nitrogen and oxygen atoms in total. The highest BCUT2D eigenvalue weighted by Crippen LogP contribution is 2.24. The Labute approximate surface area is 179 Å². The van der Waals surface area contributed by atoms with E-state index in [0.29, 0.717) is 32.8 Å². The van der Waals surface area contributed by atoms with Gasteiger partial charge in [0.05, 0.1) is 39.4 Å². The highest BCUT2D eigenvalue weighted by atomic mass is 16.5. The van der Waals surface area contributed by atoms with Crippen LogP contribution in [0.3, 0.4) is 0 Å². The summed E-state index contributed by atoms with van der Waals surface area (Å²) in [6, 6.07) is 14.2. The molecule has 0 bridgehead atoms. The summed E-state index contributed by atoms with van der Waals surface area (Å²) in [7, 11) is 1.66.